The molecule has 38 heavy (non-hydrogen) atoms. The molecule has 0 fully saturated rings. The minimum Gasteiger partial charge on any atom is -0.463 e. The number of carbonyl (C=O) groups is 1. The van der Waals surface area contributed by atoms with Crippen molar-refractivity contribution in [3.05, 3.63) is 103 Å². The maximum atomic E-state index is 14.0. The van der Waals surface area contributed by atoms with E-state index in [0.717, 1.165) is 16.5 Å². The number of thiazole rings is 1. The molecule has 0 unspecified atom stereocenters. The lowest BCUT2D eigenvalue weighted by molar-refractivity contribution is -0.139. The molecule has 2 aliphatic heterocycles. The zero-order chi connectivity index (χ0) is 26.4. The van der Waals surface area contributed by atoms with Gasteiger partial charge in [0.2, 0.25) is 6.79 Å². The van der Waals surface area contributed by atoms with Gasteiger partial charge in [-0.25, -0.2) is 9.79 Å². The van der Waals surface area contributed by atoms with E-state index in [-0.39, 0.29) is 19.0 Å². The molecule has 6 rings (SSSR count). The number of aromatic nitrogens is 2. The fourth-order valence-corrected chi connectivity index (χ4v) is 6.05. The molecule has 0 amide bonds. The number of rotatable bonds is 6. The van der Waals surface area contributed by atoms with Crippen LogP contribution in [0.4, 0.5) is 0 Å². The third kappa shape index (κ3) is 3.86. The van der Waals surface area contributed by atoms with Gasteiger partial charge < -0.3 is 18.8 Å². The first-order valence-electron chi connectivity index (χ1n) is 12.3. The SMILES string of the molecule is C=CCn1cc(/C=c2\sc3n(c2=O)[C@@H](c2ccc4c(c2)OCO4)C(C(=O)OCC)=C(C)N=3)c2ccccc21. The van der Waals surface area contributed by atoms with Gasteiger partial charge in [-0.15, -0.1) is 6.58 Å². The molecule has 8 nitrogen and oxygen atoms in total. The summed E-state index contributed by atoms with van der Waals surface area (Å²) in [7, 11) is 0. The van der Waals surface area contributed by atoms with Crippen molar-refractivity contribution in [2.45, 2.75) is 26.4 Å². The molecule has 0 aliphatic carbocycles. The number of allylic oxidation sites excluding steroid dienone is 2. The Morgan fingerprint density at radius 2 is 2.05 bits per heavy atom. The average Bonchev–Trinajstić information content (AvgIpc) is 3.60. The summed E-state index contributed by atoms with van der Waals surface area (Å²) in [6.45, 7) is 8.37. The summed E-state index contributed by atoms with van der Waals surface area (Å²) >= 11 is 1.30. The molecule has 0 radical (unpaired) electrons. The normalized spacial score (nSPS) is 16.5. The van der Waals surface area contributed by atoms with E-state index in [1.807, 2.05) is 54.7 Å². The van der Waals surface area contributed by atoms with Crippen molar-refractivity contribution in [3.63, 3.8) is 0 Å². The van der Waals surface area contributed by atoms with Crippen LogP contribution in [0.5, 0.6) is 11.5 Å². The lowest BCUT2D eigenvalue weighted by Gasteiger charge is -2.24. The average molecular weight is 528 g/mol. The molecule has 192 valence electrons. The summed E-state index contributed by atoms with van der Waals surface area (Å²) in [4.78, 5) is 32.3. The van der Waals surface area contributed by atoms with Crippen molar-refractivity contribution in [2.75, 3.05) is 13.4 Å². The summed E-state index contributed by atoms with van der Waals surface area (Å²) in [5, 5.41) is 1.04. The van der Waals surface area contributed by atoms with Crippen molar-refractivity contribution in [3.8, 4) is 11.5 Å². The summed E-state index contributed by atoms with van der Waals surface area (Å²) in [6.07, 6.45) is 5.76. The van der Waals surface area contributed by atoms with E-state index in [1.165, 1.54) is 11.3 Å². The summed E-state index contributed by atoms with van der Waals surface area (Å²) < 4.78 is 20.6. The lowest BCUT2D eigenvalue weighted by Crippen LogP contribution is -2.39. The van der Waals surface area contributed by atoms with Gasteiger partial charge in [0.05, 0.1) is 28.5 Å². The van der Waals surface area contributed by atoms with Gasteiger partial charge in [-0.2, -0.15) is 0 Å². The van der Waals surface area contributed by atoms with Gasteiger partial charge in [-0.05, 0) is 43.7 Å². The third-order valence-electron chi connectivity index (χ3n) is 6.66. The maximum absolute atomic E-state index is 14.0. The number of carbonyl (C=O) groups excluding carboxylic acids is 1. The molecule has 4 heterocycles. The van der Waals surface area contributed by atoms with Crippen molar-refractivity contribution in [1.82, 2.24) is 9.13 Å². The molecule has 0 N–H and O–H groups in total. The molecule has 2 aromatic carbocycles. The number of nitrogens with zero attached hydrogens (tertiary/aromatic N) is 3. The number of benzene rings is 2. The van der Waals surface area contributed by atoms with Crippen LogP contribution in [0, 0.1) is 0 Å². The summed E-state index contributed by atoms with van der Waals surface area (Å²) in [5.41, 5.74) is 3.31. The minimum absolute atomic E-state index is 0.126. The molecule has 0 bridgehead atoms. The molecule has 2 aliphatic rings. The van der Waals surface area contributed by atoms with Gasteiger partial charge in [0, 0.05) is 29.2 Å². The second-order valence-electron chi connectivity index (χ2n) is 8.96. The highest BCUT2D eigenvalue weighted by molar-refractivity contribution is 7.07. The molecule has 4 aromatic rings. The van der Waals surface area contributed by atoms with Crippen LogP contribution in [0.2, 0.25) is 0 Å². The first-order chi connectivity index (χ1) is 18.5. The minimum atomic E-state index is -0.718. The van der Waals surface area contributed by atoms with E-state index in [1.54, 1.807) is 24.5 Å². The Hall–Kier alpha value is -4.37. The Bertz CT molecular complexity index is 1820. The number of hydrogen-bond acceptors (Lipinski definition) is 7. The van der Waals surface area contributed by atoms with E-state index in [9.17, 15) is 9.59 Å². The van der Waals surface area contributed by atoms with Crippen molar-refractivity contribution < 1.29 is 19.0 Å². The van der Waals surface area contributed by atoms with Crippen molar-refractivity contribution in [2.24, 2.45) is 4.99 Å². The van der Waals surface area contributed by atoms with Gasteiger partial charge in [-0.1, -0.05) is 41.7 Å². The quantitative estimate of drug-likeness (QED) is 0.282. The van der Waals surface area contributed by atoms with E-state index in [2.05, 4.69) is 16.1 Å². The van der Waals surface area contributed by atoms with E-state index in [4.69, 9.17) is 14.2 Å². The Labute approximate surface area is 222 Å². The van der Waals surface area contributed by atoms with Crippen LogP contribution in [0.25, 0.3) is 17.0 Å². The van der Waals surface area contributed by atoms with E-state index < -0.39 is 12.0 Å². The molecule has 1 atom stereocenters. The van der Waals surface area contributed by atoms with E-state index >= 15 is 0 Å². The van der Waals surface area contributed by atoms with Gasteiger partial charge in [0.15, 0.2) is 16.3 Å². The van der Waals surface area contributed by atoms with Crippen molar-refractivity contribution >= 4 is 34.3 Å². The van der Waals surface area contributed by atoms with Gasteiger partial charge in [0.1, 0.15) is 0 Å². The summed E-state index contributed by atoms with van der Waals surface area (Å²) in [6, 6.07) is 12.8. The number of hydrogen-bond donors (Lipinski definition) is 0. The number of esters is 1. The predicted octanol–water partition coefficient (Wildman–Crippen LogP) is 3.67. The highest BCUT2D eigenvalue weighted by Crippen LogP contribution is 2.38. The molecule has 0 saturated heterocycles. The molecule has 2 aromatic heterocycles. The van der Waals surface area contributed by atoms with Crippen LogP contribution >= 0.6 is 11.3 Å². The predicted molar refractivity (Wildman–Crippen MR) is 145 cm³/mol. The molecule has 0 saturated carbocycles. The smallest absolute Gasteiger partial charge is 0.338 e. The Kier molecular flexibility index (Phi) is 6.00. The summed E-state index contributed by atoms with van der Waals surface area (Å²) in [5.74, 6) is 0.686. The van der Waals surface area contributed by atoms with E-state index in [0.29, 0.717) is 44.2 Å². The second-order valence-corrected chi connectivity index (χ2v) is 9.97. The number of para-hydroxylation sites is 1. The lowest BCUT2D eigenvalue weighted by atomic mass is 9.95. The molecule has 9 heteroatoms. The third-order valence-corrected chi connectivity index (χ3v) is 7.64. The number of ether oxygens (including phenoxy) is 3. The van der Waals surface area contributed by atoms with Gasteiger partial charge in [-0.3, -0.25) is 9.36 Å². The van der Waals surface area contributed by atoms with Gasteiger partial charge >= 0.3 is 5.97 Å². The maximum Gasteiger partial charge on any atom is 0.338 e. The topological polar surface area (TPSA) is 84.0 Å². The van der Waals surface area contributed by atoms with Crippen LogP contribution in [0.15, 0.2) is 82.4 Å². The Morgan fingerprint density at radius 1 is 1.24 bits per heavy atom. The highest BCUT2D eigenvalue weighted by Gasteiger charge is 2.34. The largest absolute Gasteiger partial charge is 0.463 e. The second kappa shape index (κ2) is 9.50. The Morgan fingerprint density at radius 3 is 2.87 bits per heavy atom. The monoisotopic (exact) mass is 527 g/mol. The zero-order valence-corrected chi connectivity index (χ0v) is 21.8. The fraction of sp³-hybridized carbons (Fsp3) is 0.207. The van der Waals surface area contributed by atoms with Crippen LogP contribution in [-0.4, -0.2) is 28.5 Å². The highest BCUT2D eigenvalue weighted by atomic mass is 32.1. The fourth-order valence-electron chi connectivity index (χ4n) is 5.01. The molecular weight excluding hydrogens is 502 g/mol. The van der Waals surface area contributed by atoms with Crippen LogP contribution in [0.3, 0.4) is 0 Å². The van der Waals surface area contributed by atoms with Crippen LogP contribution < -0.4 is 24.4 Å². The van der Waals surface area contributed by atoms with Gasteiger partial charge in [0.25, 0.3) is 5.56 Å². The van der Waals surface area contributed by atoms with Crippen molar-refractivity contribution in [1.29, 1.82) is 0 Å². The molecular formula is C29H25N3O5S. The van der Waals surface area contributed by atoms with Crippen LogP contribution in [0.1, 0.15) is 31.0 Å². The molecule has 0 spiro atoms. The standard InChI is InChI=1S/C29H25N3O5S/c1-4-12-31-15-19(20-8-6-7-9-21(20)31)14-24-27(33)32-26(18-10-11-22-23(13-18)37-16-36-22)25(28(34)35-5-2)17(3)30-29(32)38-24/h4,6-11,13-15,26H,1,5,12,16H2,2-3H3/b24-14-/t26-/m0/s1. The first-order valence-corrected chi connectivity index (χ1v) is 13.1. The first kappa shape index (κ1) is 24.0. The van der Waals surface area contributed by atoms with Crippen LogP contribution in [-0.2, 0) is 16.1 Å². The number of fused-ring (bicyclic) bond motifs is 3. The zero-order valence-electron chi connectivity index (χ0n) is 21.0. The Balaban J connectivity index is 1.56.